The molecule has 0 spiro atoms. The molecular weight excluding hydrogens is 306 g/mol. The summed E-state index contributed by atoms with van der Waals surface area (Å²) in [6, 6.07) is 7.21. The van der Waals surface area contributed by atoms with E-state index >= 15 is 0 Å². The van der Waals surface area contributed by atoms with E-state index in [0.29, 0.717) is 5.56 Å². The molecule has 2 amide bonds. The molecule has 6 heteroatoms. The third-order valence-corrected chi connectivity index (χ3v) is 2.94. The number of amides is 2. The number of ether oxygens (including phenoxy) is 1. The normalized spacial score (nSPS) is 10.1. The molecule has 0 unspecified atom stereocenters. The molecule has 24 heavy (non-hydrogen) atoms. The van der Waals surface area contributed by atoms with Gasteiger partial charge in [0, 0.05) is 24.3 Å². The van der Waals surface area contributed by atoms with Crippen LogP contribution in [0.4, 0.5) is 10.5 Å². The van der Waals surface area contributed by atoms with E-state index in [1.165, 1.54) is 0 Å². The van der Waals surface area contributed by atoms with Crippen LogP contribution < -0.4 is 15.8 Å². The fourth-order valence-electron chi connectivity index (χ4n) is 1.90. The second-order valence-electron chi connectivity index (χ2n) is 5.80. The Kier molecular flexibility index (Phi) is 9.54. The number of nitrogens with zero attached hydrogens (tertiary/aromatic N) is 1. The predicted molar refractivity (Wildman–Crippen MR) is 98.2 cm³/mol. The van der Waals surface area contributed by atoms with E-state index in [9.17, 15) is 9.59 Å². The molecule has 0 heterocycles. The molecule has 136 valence electrons. The van der Waals surface area contributed by atoms with Crippen LogP contribution in [0.3, 0.4) is 0 Å². The molecule has 1 aromatic rings. The molecule has 6 nitrogen and oxygen atoms in total. The Morgan fingerprint density at radius 3 is 1.92 bits per heavy atom. The van der Waals surface area contributed by atoms with Crippen molar-refractivity contribution in [3.05, 3.63) is 29.8 Å². The minimum atomic E-state index is -0.694. The van der Waals surface area contributed by atoms with Crippen molar-refractivity contribution in [2.45, 2.75) is 54.1 Å². The average Bonchev–Trinajstić information content (AvgIpc) is 2.55. The maximum absolute atomic E-state index is 11.9. The molecule has 0 bridgehead atoms. The molecular formula is C18H31N3O3. The van der Waals surface area contributed by atoms with Crippen LogP contribution in [0, 0.1) is 0 Å². The van der Waals surface area contributed by atoms with E-state index < -0.39 is 17.6 Å². The molecule has 0 saturated carbocycles. The lowest BCUT2D eigenvalue weighted by atomic mass is 10.2. The zero-order valence-corrected chi connectivity index (χ0v) is 15.9. The highest BCUT2D eigenvalue weighted by Gasteiger charge is 2.16. The molecule has 0 aliphatic heterocycles. The number of carbonyl (C=O) groups excluding carboxylic acids is 2. The minimum Gasteiger partial charge on any atom is -0.443 e. The Morgan fingerprint density at radius 1 is 1.00 bits per heavy atom. The van der Waals surface area contributed by atoms with Gasteiger partial charge in [0.05, 0.1) is 0 Å². The van der Waals surface area contributed by atoms with Crippen molar-refractivity contribution in [1.82, 2.24) is 10.9 Å². The first-order valence-corrected chi connectivity index (χ1v) is 8.41. The summed E-state index contributed by atoms with van der Waals surface area (Å²) >= 11 is 0. The summed E-state index contributed by atoms with van der Waals surface area (Å²) in [7, 11) is 0. The Morgan fingerprint density at radius 2 is 1.50 bits per heavy atom. The van der Waals surface area contributed by atoms with Gasteiger partial charge in [0.25, 0.3) is 5.91 Å². The van der Waals surface area contributed by atoms with Crippen LogP contribution >= 0.6 is 0 Å². The maximum Gasteiger partial charge on any atom is 0.426 e. The van der Waals surface area contributed by atoms with E-state index in [-0.39, 0.29) is 0 Å². The number of benzene rings is 1. The standard InChI is InChI=1S/C16H25N3O3.C2H6/c1-6-19(7-2)13-10-8-12(9-11-13)14(20)17-18-15(21)22-16(3,4)5;1-2/h8-11H,6-7H2,1-5H3,(H,17,20)(H,18,21);1-2H3. The second kappa shape index (κ2) is 10.5. The van der Waals surface area contributed by atoms with Crippen LogP contribution in [0.25, 0.3) is 0 Å². The van der Waals surface area contributed by atoms with Gasteiger partial charge in [-0.1, -0.05) is 13.8 Å². The molecule has 0 fully saturated rings. The maximum atomic E-state index is 11.9. The summed E-state index contributed by atoms with van der Waals surface area (Å²) in [5, 5.41) is 0. The second-order valence-corrected chi connectivity index (χ2v) is 5.80. The smallest absolute Gasteiger partial charge is 0.426 e. The topological polar surface area (TPSA) is 70.7 Å². The Balaban J connectivity index is 0.00000254. The van der Waals surface area contributed by atoms with Crippen molar-refractivity contribution >= 4 is 17.7 Å². The number of carbonyl (C=O) groups is 2. The van der Waals surface area contributed by atoms with Gasteiger partial charge in [-0.05, 0) is 58.9 Å². The number of hydrogen-bond donors (Lipinski definition) is 2. The molecule has 0 aromatic heterocycles. The SMILES string of the molecule is CC.CCN(CC)c1ccc(C(=O)NNC(=O)OC(C)(C)C)cc1. The number of nitrogens with one attached hydrogen (secondary N) is 2. The first-order valence-electron chi connectivity index (χ1n) is 8.41. The zero-order chi connectivity index (χ0) is 18.8. The van der Waals surface area contributed by atoms with Crippen LogP contribution in [0.1, 0.15) is 58.8 Å². The Bertz CT molecular complexity index is 503. The summed E-state index contributed by atoms with van der Waals surface area (Å²) in [4.78, 5) is 25.6. The molecule has 0 aliphatic rings. The fraction of sp³-hybridized carbons (Fsp3) is 0.556. The summed E-state index contributed by atoms with van der Waals surface area (Å²) in [5.41, 5.74) is 5.46. The minimum absolute atomic E-state index is 0.392. The van der Waals surface area contributed by atoms with Gasteiger partial charge in [0.15, 0.2) is 0 Å². The van der Waals surface area contributed by atoms with Crippen LogP contribution in [0.5, 0.6) is 0 Å². The Hall–Kier alpha value is -2.24. The number of anilines is 1. The third kappa shape index (κ3) is 7.85. The van der Waals surface area contributed by atoms with Crippen molar-refractivity contribution in [3.8, 4) is 0 Å². The number of hydrogen-bond acceptors (Lipinski definition) is 4. The largest absolute Gasteiger partial charge is 0.443 e. The van der Waals surface area contributed by atoms with Gasteiger partial charge in [0.2, 0.25) is 0 Å². The number of rotatable bonds is 4. The van der Waals surface area contributed by atoms with Crippen LogP contribution in [-0.2, 0) is 4.74 Å². The molecule has 0 atom stereocenters. The van der Waals surface area contributed by atoms with Crippen molar-refractivity contribution in [2.24, 2.45) is 0 Å². The summed E-state index contributed by atoms with van der Waals surface area (Å²) in [6.45, 7) is 15.2. The van der Waals surface area contributed by atoms with Gasteiger partial charge >= 0.3 is 6.09 Å². The summed E-state index contributed by atoms with van der Waals surface area (Å²) in [5.74, 6) is -0.392. The first kappa shape index (κ1) is 21.8. The zero-order valence-electron chi connectivity index (χ0n) is 15.9. The fourth-order valence-corrected chi connectivity index (χ4v) is 1.90. The molecule has 0 saturated heterocycles. The van der Waals surface area contributed by atoms with E-state index in [2.05, 4.69) is 29.6 Å². The third-order valence-electron chi connectivity index (χ3n) is 2.94. The van der Waals surface area contributed by atoms with Crippen molar-refractivity contribution in [1.29, 1.82) is 0 Å². The van der Waals surface area contributed by atoms with Crippen LogP contribution in [0.15, 0.2) is 24.3 Å². The van der Waals surface area contributed by atoms with E-state index in [1.807, 2.05) is 26.0 Å². The van der Waals surface area contributed by atoms with Crippen LogP contribution in [0.2, 0.25) is 0 Å². The first-order chi connectivity index (χ1) is 11.3. The number of hydrazine groups is 1. The summed E-state index contributed by atoms with van der Waals surface area (Å²) < 4.78 is 5.03. The molecule has 0 radical (unpaired) electrons. The van der Waals surface area contributed by atoms with Crippen molar-refractivity contribution in [3.63, 3.8) is 0 Å². The molecule has 1 rings (SSSR count). The average molecular weight is 337 g/mol. The lowest BCUT2D eigenvalue weighted by Gasteiger charge is -2.21. The van der Waals surface area contributed by atoms with Crippen LogP contribution in [-0.4, -0.2) is 30.7 Å². The monoisotopic (exact) mass is 337 g/mol. The molecule has 1 aromatic carbocycles. The van der Waals surface area contributed by atoms with E-state index in [0.717, 1.165) is 18.8 Å². The molecule has 0 aliphatic carbocycles. The highest BCUT2D eigenvalue weighted by atomic mass is 16.6. The lowest BCUT2D eigenvalue weighted by Crippen LogP contribution is -2.44. The molecule has 2 N–H and O–H groups in total. The highest BCUT2D eigenvalue weighted by Crippen LogP contribution is 2.14. The van der Waals surface area contributed by atoms with Crippen molar-refractivity contribution in [2.75, 3.05) is 18.0 Å². The highest BCUT2D eigenvalue weighted by molar-refractivity contribution is 5.95. The van der Waals surface area contributed by atoms with Gasteiger partial charge in [0.1, 0.15) is 5.60 Å². The summed E-state index contributed by atoms with van der Waals surface area (Å²) in [6.07, 6.45) is -0.694. The van der Waals surface area contributed by atoms with Crippen molar-refractivity contribution < 1.29 is 14.3 Å². The van der Waals surface area contributed by atoms with E-state index in [4.69, 9.17) is 4.74 Å². The van der Waals surface area contributed by atoms with Gasteiger partial charge in [-0.2, -0.15) is 0 Å². The van der Waals surface area contributed by atoms with Gasteiger partial charge in [-0.15, -0.1) is 0 Å². The van der Waals surface area contributed by atoms with Gasteiger partial charge < -0.3 is 9.64 Å². The van der Waals surface area contributed by atoms with E-state index in [1.54, 1.807) is 32.9 Å². The lowest BCUT2D eigenvalue weighted by molar-refractivity contribution is 0.0483. The van der Waals surface area contributed by atoms with Gasteiger partial charge in [-0.3, -0.25) is 10.2 Å². The Labute approximate surface area is 145 Å². The quantitative estimate of drug-likeness (QED) is 0.821. The van der Waals surface area contributed by atoms with Gasteiger partial charge in [-0.25, -0.2) is 10.2 Å². The predicted octanol–water partition coefficient (Wildman–Crippen LogP) is 3.73.